The van der Waals surface area contributed by atoms with E-state index in [1.807, 2.05) is 0 Å². The Morgan fingerprint density at radius 2 is 1.89 bits per heavy atom. The third-order valence-electron chi connectivity index (χ3n) is 4.00. The third-order valence-corrected chi connectivity index (χ3v) is 5.11. The van der Waals surface area contributed by atoms with Crippen LogP contribution < -0.4 is 10.6 Å². The van der Waals surface area contributed by atoms with Crippen LogP contribution in [-0.2, 0) is 14.6 Å². The molecule has 110 valence electrons. The lowest BCUT2D eigenvalue weighted by Crippen LogP contribution is -2.42. The predicted octanol–water partition coefficient (Wildman–Crippen LogP) is 0.456. The van der Waals surface area contributed by atoms with Crippen LogP contribution in [0.25, 0.3) is 0 Å². The lowest BCUT2D eigenvalue weighted by atomic mass is 9.89. The highest BCUT2D eigenvalue weighted by Gasteiger charge is 2.34. The van der Waals surface area contributed by atoms with Crippen LogP contribution in [0.15, 0.2) is 0 Å². The lowest BCUT2D eigenvalue weighted by molar-refractivity contribution is -0.122. The van der Waals surface area contributed by atoms with E-state index in [4.69, 9.17) is 0 Å². The molecule has 2 heterocycles. The Kier molecular flexibility index (Phi) is 4.50. The van der Waals surface area contributed by atoms with E-state index in [-0.39, 0.29) is 17.7 Å². The Morgan fingerprint density at radius 1 is 1.32 bits per heavy atom. The van der Waals surface area contributed by atoms with E-state index in [2.05, 4.69) is 10.6 Å². The molecule has 0 aromatic carbocycles. The van der Waals surface area contributed by atoms with Gasteiger partial charge in [0.25, 0.3) is 0 Å². The Bertz CT molecular complexity index is 423. The summed E-state index contributed by atoms with van der Waals surface area (Å²) < 4.78 is 22.3. The monoisotopic (exact) mass is 288 g/mol. The van der Waals surface area contributed by atoms with Crippen molar-refractivity contribution in [1.29, 1.82) is 0 Å². The van der Waals surface area contributed by atoms with Gasteiger partial charge in [-0.15, -0.1) is 0 Å². The number of carbonyl (C=O) groups is 1. The standard InChI is InChI=1S/C13H24N2O3S/c1-9(8-19(2,17)18)14-13(16)7-10-5-11-3-4-12(6-10)15-11/h9-12,15H,3-8H2,1-2H3,(H,14,16). The maximum absolute atomic E-state index is 11.9. The number of carbonyl (C=O) groups excluding carboxylic acids is 1. The van der Waals surface area contributed by atoms with Gasteiger partial charge in [0.1, 0.15) is 9.84 Å². The Labute approximate surface area is 115 Å². The molecule has 19 heavy (non-hydrogen) atoms. The summed E-state index contributed by atoms with van der Waals surface area (Å²) in [5.74, 6) is 0.447. The summed E-state index contributed by atoms with van der Waals surface area (Å²) in [5.41, 5.74) is 0. The van der Waals surface area contributed by atoms with E-state index in [0.717, 1.165) is 12.8 Å². The van der Waals surface area contributed by atoms with Crippen molar-refractivity contribution >= 4 is 15.7 Å². The van der Waals surface area contributed by atoms with Gasteiger partial charge in [0.2, 0.25) is 5.91 Å². The van der Waals surface area contributed by atoms with E-state index in [9.17, 15) is 13.2 Å². The lowest BCUT2D eigenvalue weighted by Gasteiger charge is -2.29. The zero-order valence-corrected chi connectivity index (χ0v) is 12.5. The summed E-state index contributed by atoms with van der Waals surface area (Å²) in [6.45, 7) is 1.74. The molecule has 2 bridgehead atoms. The van der Waals surface area contributed by atoms with Gasteiger partial charge in [0.05, 0.1) is 5.75 Å². The maximum Gasteiger partial charge on any atom is 0.220 e. The molecule has 0 aromatic heterocycles. The summed E-state index contributed by atoms with van der Waals surface area (Å²) in [5, 5.41) is 6.35. The van der Waals surface area contributed by atoms with Crippen molar-refractivity contribution in [3.63, 3.8) is 0 Å². The number of nitrogens with one attached hydrogen (secondary N) is 2. The molecule has 2 rings (SSSR count). The van der Waals surface area contributed by atoms with Crippen molar-refractivity contribution < 1.29 is 13.2 Å². The van der Waals surface area contributed by atoms with Crippen LogP contribution in [0.2, 0.25) is 0 Å². The molecular formula is C13H24N2O3S. The van der Waals surface area contributed by atoms with Crippen LogP contribution >= 0.6 is 0 Å². The summed E-state index contributed by atoms with van der Waals surface area (Å²) in [4.78, 5) is 11.9. The normalized spacial score (nSPS) is 32.0. The first-order valence-electron chi connectivity index (χ1n) is 7.05. The van der Waals surface area contributed by atoms with Crippen molar-refractivity contribution in [3.05, 3.63) is 0 Å². The fraction of sp³-hybridized carbons (Fsp3) is 0.923. The molecule has 3 unspecified atom stereocenters. The number of amides is 1. The van der Waals surface area contributed by atoms with Crippen LogP contribution in [0.5, 0.6) is 0 Å². The SMILES string of the molecule is CC(CS(C)(=O)=O)NC(=O)CC1CC2CCC(C1)N2. The highest BCUT2D eigenvalue weighted by atomic mass is 32.2. The van der Waals surface area contributed by atoms with Gasteiger partial charge in [0, 0.05) is 30.8 Å². The first-order chi connectivity index (χ1) is 8.82. The van der Waals surface area contributed by atoms with E-state index in [1.165, 1.54) is 19.1 Å². The van der Waals surface area contributed by atoms with E-state index in [0.29, 0.717) is 24.4 Å². The van der Waals surface area contributed by atoms with Crippen LogP contribution in [0.3, 0.4) is 0 Å². The fourth-order valence-corrected chi connectivity index (χ4v) is 4.43. The topological polar surface area (TPSA) is 75.3 Å². The van der Waals surface area contributed by atoms with Crippen molar-refractivity contribution in [3.8, 4) is 0 Å². The van der Waals surface area contributed by atoms with Gasteiger partial charge in [-0.2, -0.15) is 0 Å². The first-order valence-corrected chi connectivity index (χ1v) is 9.11. The van der Waals surface area contributed by atoms with Gasteiger partial charge in [-0.1, -0.05) is 0 Å². The molecular weight excluding hydrogens is 264 g/mol. The van der Waals surface area contributed by atoms with Gasteiger partial charge in [-0.05, 0) is 38.5 Å². The number of rotatable bonds is 5. The highest BCUT2D eigenvalue weighted by Crippen LogP contribution is 2.32. The predicted molar refractivity (Wildman–Crippen MR) is 74.6 cm³/mol. The average Bonchev–Trinajstić information content (AvgIpc) is 2.54. The number of piperidine rings is 1. The summed E-state index contributed by atoms with van der Waals surface area (Å²) >= 11 is 0. The van der Waals surface area contributed by atoms with Gasteiger partial charge in [-0.3, -0.25) is 4.79 Å². The third kappa shape index (κ3) is 4.76. The second-order valence-electron chi connectivity index (χ2n) is 6.24. The molecule has 2 N–H and O–H groups in total. The highest BCUT2D eigenvalue weighted by molar-refractivity contribution is 7.90. The van der Waals surface area contributed by atoms with Gasteiger partial charge in [-0.25, -0.2) is 8.42 Å². The fourth-order valence-electron chi connectivity index (χ4n) is 3.43. The molecule has 0 saturated carbocycles. The van der Waals surface area contributed by atoms with Gasteiger partial charge < -0.3 is 10.6 Å². The van der Waals surface area contributed by atoms with Gasteiger partial charge >= 0.3 is 0 Å². The second-order valence-corrected chi connectivity index (χ2v) is 8.43. The van der Waals surface area contributed by atoms with Crippen LogP contribution in [0.4, 0.5) is 0 Å². The minimum Gasteiger partial charge on any atom is -0.353 e. The quantitative estimate of drug-likeness (QED) is 0.770. The molecule has 5 nitrogen and oxygen atoms in total. The van der Waals surface area contributed by atoms with Crippen LogP contribution in [0, 0.1) is 5.92 Å². The number of sulfone groups is 1. The summed E-state index contributed by atoms with van der Waals surface area (Å²) in [6.07, 6.45) is 6.33. The Balaban J connectivity index is 1.75. The van der Waals surface area contributed by atoms with Crippen molar-refractivity contribution in [2.24, 2.45) is 5.92 Å². The molecule has 2 fully saturated rings. The van der Waals surface area contributed by atoms with E-state index < -0.39 is 9.84 Å². The molecule has 2 saturated heterocycles. The molecule has 0 aromatic rings. The number of hydrogen-bond acceptors (Lipinski definition) is 4. The molecule has 3 atom stereocenters. The van der Waals surface area contributed by atoms with Crippen LogP contribution in [-0.4, -0.2) is 44.5 Å². The first kappa shape index (κ1) is 14.8. The zero-order chi connectivity index (χ0) is 14.0. The smallest absolute Gasteiger partial charge is 0.220 e. The average molecular weight is 288 g/mol. The molecule has 1 amide bonds. The Hall–Kier alpha value is -0.620. The van der Waals surface area contributed by atoms with Crippen molar-refractivity contribution in [1.82, 2.24) is 10.6 Å². The van der Waals surface area contributed by atoms with E-state index >= 15 is 0 Å². The summed E-state index contributed by atoms with van der Waals surface area (Å²) in [6, 6.07) is 0.871. The molecule has 6 heteroatoms. The number of hydrogen-bond donors (Lipinski definition) is 2. The molecule has 0 radical (unpaired) electrons. The maximum atomic E-state index is 11.9. The molecule has 0 spiro atoms. The van der Waals surface area contributed by atoms with Crippen molar-refractivity contribution in [2.45, 2.75) is 57.2 Å². The largest absolute Gasteiger partial charge is 0.353 e. The molecule has 0 aliphatic carbocycles. The minimum atomic E-state index is -3.03. The second kappa shape index (κ2) is 5.79. The summed E-state index contributed by atoms with van der Waals surface area (Å²) in [7, 11) is -3.03. The molecule has 2 aliphatic heterocycles. The number of fused-ring (bicyclic) bond motifs is 2. The zero-order valence-electron chi connectivity index (χ0n) is 11.7. The van der Waals surface area contributed by atoms with Crippen LogP contribution in [0.1, 0.15) is 39.0 Å². The van der Waals surface area contributed by atoms with Crippen molar-refractivity contribution in [2.75, 3.05) is 12.0 Å². The van der Waals surface area contributed by atoms with Gasteiger partial charge in [0.15, 0.2) is 0 Å². The minimum absolute atomic E-state index is 0.0101. The molecule has 2 aliphatic rings. The van der Waals surface area contributed by atoms with E-state index in [1.54, 1.807) is 6.92 Å². The Morgan fingerprint density at radius 3 is 2.42 bits per heavy atom.